The Labute approximate surface area is 156 Å². The van der Waals surface area contributed by atoms with E-state index < -0.39 is 17.5 Å². The maximum atomic E-state index is 12.8. The van der Waals surface area contributed by atoms with Gasteiger partial charge in [0.15, 0.2) is 0 Å². The van der Waals surface area contributed by atoms with Crippen LogP contribution in [0.25, 0.3) is 0 Å². The van der Waals surface area contributed by atoms with Crippen molar-refractivity contribution in [1.29, 1.82) is 0 Å². The van der Waals surface area contributed by atoms with Crippen molar-refractivity contribution >= 4 is 41.0 Å². The van der Waals surface area contributed by atoms with E-state index in [1.54, 1.807) is 19.1 Å². The number of rotatable bonds is 6. The van der Waals surface area contributed by atoms with Crippen LogP contribution in [-0.2, 0) is 15.1 Å². The number of amides is 4. The summed E-state index contributed by atoms with van der Waals surface area (Å²) in [5.74, 6) is -0.898. The summed E-state index contributed by atoms with van der Waals surface area (Å²) in [7, 11) is 0. The minimum absolute atomic E-state index is 0.0189. The van der Waals surface area contributed by atoms with Crippen LogP contribution >= 0.6 is 23.2 Å². The van der Waals surface area contributed by atoms with Crippen molar-refractivity contribution in [2.24, 2.45) is 0 Å². The molecule has 8 heteroatoms. The predicted octanol–water partition coefficient (Wildman–Crippen LogP) is 3.07. The first-order valence-electron chi connectivity index (χ1n) is 8.11. The molecule has 1 aromatic rings. The minimum Gasteiger partial charge on any atom is -0.352 e. The lowest BCUT2D eigenvalue weighted by atomic mass is 9.92. The van der Waals surface area contributed by atoms with Crippen LogP contribution in [0.4, 0.5) is 4.79 Å². The molecule has 2 rings (SSSR count). The molecule has 25 heavy (non-hydrogen) atoms. The molecule has 0 radical (unpaired) electrons. The van der Waals surface area contributed by atoms with Crippen LogP contribution < -0.4 is 10.6 Å². The first kappa shape index (κ1) is 19.5. The Kier molecular flexibility index (Phi) is 5.95. The third kappa shape index (κ3) is 3.90. The fraction of sp³-hybridized carbons (Fsp3) is 0.471. The topological polar surface area (TPSA) is 78.5 Å². The Bertz CT molecular complexity index is 706. The quantitative estimate of drug-likeness (QED) is 0.738. The van der Waals surface area contributed by atoms with Crippen LogP contribution in [0.2, 0.25) is 10.0 Å². The van der Waals surface area contributed by atoms with Gasteiger partial charge in [-0.25, -0.2) is 4.79 Å². The molecule has 1 unspecified atom stereocenters. The van der Waals surface area contributed by atoms with Gasteiger partial charge in [-0.15, -0.1) is 0 Å². The molecule has 6 nitrogen and oxygen atoms in total. The Morgan fingerprint density at radius 3 is 2.48 bits per heavy atom. The molecule has 136 valence electrons. The lowest BCUT2D eigenvalue weighted by molar-refractivity contribution is -0.135. The molecule has 1 saturated heterocycles. The lowest BCUT2D eigenvalue weighted by Gasteiger charge is -2.23. The van der Waals surface area contributed by atoms with Gasteiger partial charge in [0.25, 0.3) is 5.91 Å². The highest BCUT2D eigenvalue weighted by atomic mass is 35.5. The third-order valence-corrected chi connectivity index (χ3v) is 4.95. The summed E-state index contributed by atoms with van der Waals surface area (Å²) in [6.45, 7) is 5.15. The maximum Gasteiger partial charge on any atom is 0.325 e. The smallest absolute Gasteiger partial charge is 0.325 e. The molecule has 0 saturated carbocycles. The van der Waals surface area contributed by atoms with Crippen molar-refractivity contribution in [2.75, 3.05) is 6.54 Å². The summed E-state index contributed by atoms with van der Waals surface area (Å²) in [5, 5.41) is 6.13. The molecule has 1 aromatic carbocycles. The summed E-state index contributed by atoms with van der Waals surface area (Å²) in [6, 6.07) is 4.08. The fourth-order valence-corrected chi connectivity index (χ4v) is 3.43. The highest BCUT2D eigenvalue weighted by Crippen LogP contribution is 2.34. The van der Waals surface area contributed by atoms with Crippen LogP contribution in [0.1, 0.15) is 39.2 Å². The number of nitrogens with zero attached hydrogens (tertiary/aromatic N) is 1. The summed E-state index contributed by atoms with van der Waals surface area (Å²) in [4.78, 5) is 38.1. The number of carbonyl (C=O) groups excluding carboxylic acids is 3. The van der Waals surface area contributed by atoms with Crippen molar-refractivity contribution in [3.8, 4) is 0 Å². The second-order valence-electron chi connectivity index (χ2n) is 6.15. The second kappa shape index (κ2) is 7.62. The molecule has 1 aliphatic heterocycles. The zero-order valence-electron chi connectivity index (χ0n) is 14.4. The van der Waals surface area contributed by atoms with Crippen molar-refractivity contribution in [2.45, 2.75) is 45.2 Å². The van der Waals surface area contributed by atoms with E-state index in [0.717, 1.165) is 17.7 Å². The second-order valence-corrected chi connectivity index (χ2v) is 7.00. The van der Waals surface area contributed by atoms with E-state index in [9.17, 15) is 14.4 Å². The van der Waals surface area contributed by atoms with Gasteiger partial charge in [0.1, 0.15) is 12.1 Å². The molecule has 4 amide bonds. The van der Waals surface area contributed by atoms with Crippen molar-refractivity contribution in [3.05, 3.63) is 33.8 Å². The molecule has 0 aromatic heterocycles. The summed E-state index contributed by atoms with van der Waals surface area (Å²) < 4.78 is 0. The number of hydrogen-bond donors (Lipinski definition) is 2. The minimum atomic E-state index is -1.34. The summed E-state index contributed by atoms with van der Waals surface area (Å²) >= 11 is 12.1. The number of halogens is 2. The van der Waals surface area contributed by atoms with Gasteiger partial charge in [-0.1, -0.05) is 43.1 Å². The standard InChI is InChI=1S/C17H21Cl2N3O3/c1-4-11(5-2)20-14(23)9-22-15(24)17(3,21-16(22)25)12-7-6-10(18)8-13(12)19/h6-8,11H,4-5,9H2,1-3H3,(H,20,23)(H,21,25). The van der Waals surface area contributed by atoms with Crippen molar-refractivity contribution < 1.29 is 14.4 Å². The van der Waals surface area contributed by atoms with E-state index in [0.29, 0.717) is 10.6 Å². The molecular weight excluding hydrogens is 365 g/mol. The first-order valence-corrected chi connectivity index (χ1v) is 8.87. The molecule has 1 aliphatic rings. The first-order chi connectivity index (χ1) is 11.7. The number of benzene rings is 1. The van der Waals surface area contributed by atoms with Gasteiger partial charge in [0.05, 0.1) is 0 Å². The largest absolute Gasteiger partial charge is 0.352 e. The normalized spacial score (nSPS) is 20.2. The highest BCUT2D eigenvalue weighted by Gasteiger charge is 2.50. The zero-order chi connectivity index (χ0) is 18.8. The molecule has 2 N–H and O–H groups in total. The van der Waals surface area contributed by atoms with E-state index >= 15 is 0 Å². The van der Waals surface area contributed by atoms with Crippen molar-refractivity contribution in [3.63, 3.8) is 0 Å². The van der Waals surface area contributed by atoms with E-state index in [1.165, 1.54) is 6.07 Å². The SMILES string of the molecule is CCC(CC)NC(=O)CN1C(=O)NC(C)(c2ccc(Cl)cc2Cl)C1=O. The van der Waals surface area contributed by atoms with E-state index in [1.807, 2.05) is 13.8 Å². The molecule has 1 heterocycles. The number of nitrogens with one attached hydrogen (secondary N) is 2. The predicted molar refractivity (Wildman–Crippen MR) is 96.6 cm³/mol. The van der Waals surface area contributed by atoms with Gasteiger partial charge in [0.2, 0.25) is 5.91 Å². The lowest BCUT2D eigenvalue weighted by Crippen LogP contribution is -2.45. The van der Waals surface area contributed by atoms with Gasteiger partial charge >= 0.3 is 6.03 Å². The molecule has 0 spiro atoms. The molecule has 1 atom stereocenters. The monoisotopic (exact) mass is 385 g/mol. The van der Waals surface area contributed by atoms with E-state index in [-0.39, 0.29) is 23.5 Å². The van der Waals surface area contributed by atoms with Crippen LogP contribution in [0.3, 0.4) is 0 Å². The van der Waals surface area contributed by atoms with Crippen LogP contribution in [-0.4, -0.2) is 35.3 Å². The molecular formula is C17H21Cl2N3O3. The zero-order valence-corrected chi connectivity index (χ0v) is 15.9. The molecule has 0 aliphatic carbocycles. The maximum absolute atomic E-state index is 12.8. The van der Waals surface area contributed by atoms with Crippen LogP contribution in [0.15, 0.2) is 18.2 Å². The Morgan fingerprint density at radius 1 is 1.28 bits per heavy atom. The number of hydrogen-bond acceptors (Lipinski definition) is 3. The van der Waals surface area contributed by atoms with Gasteiger partial charge in [-0.05, 0) is 31.9 Å². The Hall–Kier alpha value is -1.79. The van der Waals surface area contributed by atoms with Crippen LogP contribution in [0, 0.1) is 0 Å². The Balaban J connectivity index is 2.20. The van der Waals surface area contributed by atoms with Gasteiger partial charge < -0.3 is 10.6 Å². The number of urea groups is 1. The number of carbonyl (C=O) groups is 3. The Morgan fingerprint density at radius 2 is 1.92 bits per heavy atom. The third-order valence-electron chi connectivity index (χ3n) is 4.40. The van der Waals surface area contributed by atoms with E-state index in [4.69, 9.17) is 23.2 Å². The molecule has 0 bridgehead atoms. The van der Waals surface area contributed by atoms with Gasteiger partial charge in [-0.3, -0.25) is 14.5 Å². The van der Waals surface area contributed by atoms with Gasteiger partial charge in [-0.2, -0.15) is 0 Å². The molecule has 1 fully saturated rings. The summed E-state index contributed by atoms with van der Waals surface area (Å²) in [5.41, 5.74) is -0.909. The summed E-state index contributed by atoms with van der Waals surface area (Å²) in [6.07, 6.45) is 1.56. The van der Waals surface area contributed by atoms with E-state index in [2.05, 4.69) is 10.6 Å². The van der Waals surface area contributed by atoms with Gasteiger partial charge in [0, 0.05) is 21.7 Å². The highest BCUT2D eigenvalue weighted by molar-refractivity contribution is 6.35. The van der Waals surface area contributed by atoms with Crippen LogP contribution in [0.5, 0.6) is 0 Å². The average molecular weight is 386 g/mol. The fourth-order valence-electron chi connectivity index (χ4n) is 2.83. The van der Waals surface area contributed by atoms with Crippen molar-refractivity contribution in [1.82, 2.24) is 15.5 Å². The average Bonchev–Trinajstić information content (AvgIpc) is 2.76. The number of imide groups is 1.